The molecule has 2 aromatic carbocycles. The third kappa shape index (κ3) is 4.82. The van der Waals surface area contributed by atoms with Crippen molar-refractivity contribution in [3.8, 4) is 0 Å². The number of piperidine rings is 1. The fraction of sp³-hybridized carbons (Fsp3) is 0.393. The van der Waals surface area contributed by atoms with Crippen molar-refractivity contribution in [2.75, 3.05) is 18.0 Å². The quantitative estimate of drug-likeness (QED) is 0.549. The molecule has 0 spiro atoms. The molecule has 1 aromatic heterocycles. The molecule has 1 unspecified atom stereocenters. The Morgan fingerprint density at radius 3 is 2.51 bits per heavy atom. The smallest absolute Gasteiger partial charge is 0.262 e. The van der Waals surface area contributed by atoms with Gasteiger partial charge in [-0.25, -0.2) is 0 Å². The van der Waals surface area contributed by atoms with Crippen molar-refractivity contribution >= 4 is 44.7 Å². The van der Waals surface area contributed by atoms with Crippen LogP contribution >= 0.6 is 11.3 Å². The van der Waals surface area contributed by atoms with Crippen molar-refractivity contribution in [1.29, 1.82) is 0 Å². The van der Waals surface area contributed by atoms with Gasteiger partial charge in [0.25, 0.3) is 5.91 Å². The molecule has 7 heteroatoms. The van der Waals surface area contributed by atoms with E-state index >= 15 is 0 Å². The van der Waals surface area contributed by atoms with E-state index in [2.05, 4.69) is 15.5 Å². The summed E-state index contributed by atoms with van der Waals surface area (Å²) in [4.78, 5) is 42.5. The number of hydrogen-bond donors (Lipinski definition) is 2. The highest BCUT2D eigenvalue weighted by molar-refractivity contribution is 7.20. The Kier molecular flexibility index (Phi) is 6.60. The summed E-state index contributed by atoms with van der Waals surface area (Å²) in [6.45, 7) is 3.01. The Morgan fingerprint density at radius 2 is 1.77 bits per heavy atom. The number of nitrogens with zero attached hydrogens (tertiary/aromatic N) is 1. The van der Waals surface area contributed by atoms with Crippen LogP contribution < -0.4 is 15.5 Å². The number of aryl methyl sites for hydroxylation is 1. The number of carbonyl (C=O) groups excluding carboxylic acids is 3. The maximum atomic E-state index is 13.6. The van der Waals surface area contributed by atoms with Crippen LogP contribution in [0.25, 0.3) is 10.1 Å². The number of Topliss-reactive ketones (excluding diaryl/α,β-unsaturated/α-hetero) is 1. The van der Waals surface area contributed by atoms with Crippen molar-refractivity contribution in [2.45, 2.75) is 57.0 Å². The van der Waals surface area contributed by atoms with Gasteiger partial charge in [-0.3, -0.25) is 14.4 Å². The van der Waals surface area contributed by atoms with Gasteiger partial charge in [-0.15, -0.1) is 11.3 Å². The first-order valence-electron chi connectivity index (χ1n) is 12.4. The van der Waals surface area contributed by atoms with E-state index < -0.39 is 11.6 Å². The van der Waals surface area contributed by atoms with E-state index in [4.69, 9.17) is 0 Å². The van der Waals surface area contributed by atoms with Crippen molar-refractivity contribution in [3.05, 3.63) is 65.0 Å². The van der Waals surface area contributed by atoms with Gasteiger partial charge in [0.1, 0.15) is 5.54 Å². The molecule has 6 nitrogen and oxygen atoms in total. The largest absolute Gasteiger partial charge is 0.364 e. The second kappa shape index (κ2) is 9.82. The molecule has 1 saturated carbocycles. The summed E-state index contributed by atoms with van der Waals surface area (Å²) in [5.41, 5.74) is 1.22. The Bertz CT molecular complexity index is 1230. The third-order valence-corrected chi connectivity index (χ3v) is 8.44. The topological polar surface area (TPSA) is 78.5 Å². The monoisotopic (exact) mass is 489 g/mol. The number of hydrogen-bond acceptors (Lipinski definition) is 5. The highest BCUT2D eigenvalue weighted by Crippen LogP contribution is 2.31. The van der Waals surface area contributed by atoms with E-state index in [0.717, 1.165) is 40.6 Å². The van der Waals surface area contributed by atoms with Crippen LogP contribution in [0.4, 0.5) is 5.69 Å². The van der Waals surface area contributed by atoms with Gasteiger partial charge >= 0.3 is 0 Å². The molecule has 0 bridgehead atoms. The zero-order valence-electron chi connectivity index (χ0n) is 20.0. The number of fused-ring (bicyclic) bond motifs is 1. The van der Waals surface area contributed by atoms with Crippen LogP contribution in [0.15, 0.2) is 54.6 Å². The summed E-state index contributed by atoms with van der Waals surface area (Å²) in [6.07, 6.45) is 4.53. The summed E-state index contributed by atoms with van der Waals surface area (Å²) in [5, 5.41) is 7.14. The lowest BCUT2D eigenvalue weighted by atomic mass is 9.80. The molecule has 35 heavy (non-hydrogen) atoms. The van der Waals surface area contributed by atoms with Gasteiger partial charge in [0.2, 0.25) is 5.91 Å². The van der Waals surface area contributed by atoms with E-state index in [9.17, 15) is 14.4 Å². The highest BCUT2D eigenvalue weighted by Gasteiger charge is 2.43. The summed E-state index contributed by atoms with van der Waals surface area (Å²) in [6, 6.07) is 17.3. The number of benzene rings is 2. The van der Waals surface area contributed by atoms with Crippen LogP contribution in [-0.2, 0) is 9.59 Å². The third-order valence-electron chi connectivity index (χ3n) is 7.33. The van der Waals surface area contributed by atoms with E-state index in [1.807, 2.05) is 61.5 Å². The maximum absolute atomic E-state index is 13.6. The highest BCUT2D eigenvalue weighted by atomic mass is 32.1. The van der Waals surface area contributed by atoms with Gasteiger partial charge < -0.3 is 15.5 Å². The lowest BCUT2D eigenvalue weighted by Crippen LogP contribution is -2.63. The van der Waals surface area contributed by atoms with Crippen LogP contribution in [0.3, 0.4) is 0 Å². The van der Waals surface area contributed by atoms with E-state index in [1.54, 1.807) is 0 Å². The van der Waals surface area contributed by atoms with Gasteiger partial charge in [0.15, 0.2) is 5.78 Å². The molecule has 2 fully saturated rings. The molecule has 1 aliphatic carbocycles. The lowest BCUT2D eigenvalue weighted by Gasteiger charge is -2.39. The first-order chi connectivity index (χ1) is 16.9. The first-order valence-corrected chi connectivity index (χ1v) is 13.2. The Morgan fingerprint density at radius 1 is 1.03 bits per heavy atom. The van der Waals surface area contributed by atoms with Gasteiger partial charge in [0.05, 0.1) is 17.5 Å². The first kappa shape index (κ1) is 23.5. The molecule has 2 heterocycles. The number of ketones is 1. The van der Waals surface area contributed by atoms with E-state index in [-0.39, 0.29) is 24.1 Å². The molecule has 1 aliphatic heterocycles. The average Bonchev–Trinajstić information content (AvgIpc) is 3.31. The number of nitrogens with one attached hydrogen (secondary N) is 2. The second-order valence-electron chi connectivity index (χ2n) is 9.73. The maximum Gasteiger partial charge on any atom is 0.262 e. The van der Waals surface area contributed by atoms with Gasteiger partial charge in [0, 0.05) is 16.9 Å². The number of thiophene rings is 1. The molecule has 2 N–H and O–H groups in total. The minimum atomic E-state index is -0.973. The lowest BCUT2D eigenvalue weighted by molar-refractivity contribution is -0.133. The normalized spacial score (nSPS) is 20.0. The molecule has 3 aromatic rings. The molecule has 0 radical (unpaired) electrons. The fourth-order valence-electron chi connectivity index (χ4n) is 5.33. The molecule has 182 valence electrons. The molecule has 1 saturated heterocycles. The number of carbonyl (C=O) groups is 3. The van der Waals surface area contributed by atoms with Gasteiger partial charge in [-0.05, 0) is 55.3 Å². The molecule has 1 atom stereocenters. The Hall–Kier alpha value is -3.19. The van der Waals surface area contributed by atoms with Crippen molar-refractivity contribution in [3.63, 3.8) is 0 Å². The summed E-state index contributed by atoms with van der Waals surface area (Å²) >= 11 is 1.44. The van der Waals surface area contributed by atoms with Crippen LogP contribution in [0.1, 0.15) is 53.8 Å². The standard InChI is InChI=1S/C28H31N3O3S/c1-19-9-3-5-11-22(19)31-16-13-21(23(32)18-31)29-27(34)28(14-7-2-8-15-28)30-26(33)25-17-20-10-4-6-12-24(20)35-25/h3-6,9-12,17,21H,2,7-8,13-16,18H2,1H3,(H,29,34)(H,30,33). The predicted molar refractivity (Wildman–Crippen MR) is 140 cm³/mol. The fourth-order valence-corrected chi connectivity index (χ4v) is 6.29. The minimum absolute atomic E-state index is 0.00893. The summed E-state index contributed by atoms with van der Waals surface area (Å²) in [7, 11) is 0. The van der Waals surface area contributed by atoms with E-state index in [0.29, 0.717) is 30.7 Å². The van der Waals surface area contributed by atoms with Crippen LogP contribution in [0, 0.1) is 6.92 Å². The Labute approximate surface area is 209 Å². The van der Waals surface area contributed by atoms with Crippen LogP contribution in [0.5, 0.6) is 0 Å². The van der Waals surface area contributed by atoms with Crippen molar-refractivity contribution < 1.29 is 14.4 Å². The van der Waals surface area contributed by atoms with Gasteiger partial charge in [-0.1, -0.05) is 55.7 Å². The molecule has 2 aliphatic rings. The average molecular weight is 490 g/mol. The van der Waals surface area contributed by atoms with Gasteiger partial charge in [-0.2, -0.15) is 0 Å². The Balaban J connectivity index is 1.29. The number of anilines is 1. The summed E-state index contributed by atoms with van der Waals surface area (Å²) in [5.74, 6) is -0.437. The number of para-hydroxylation sites is 1. The van der Waals surface area contributed by atoms with Crippen molar-refractivity contribution in [1.82, 2.24) is 10.6 Å². The van der Waals surface area contributed by atoms with E-state index in [1.165, 1.54) is 11.3 Å². The van der Waals surface area contributed by atoms with Crippen molar-refractivity contribution in [2.24, 2.45) is 0 Å². The summed E-state index contributed by atoms with van der Waals surface area (Å²) < 4.78 is 1.05. The zero-order valence-corrected chi connectivity index (χ0v) is 20.8. The number of rotatable bonds is 5. The molecular formula is C28H31N3O3S. The SMILES string of the molecule is Cc1ccccc1N1CCC(NC(=O)C2(NC(=O)c3cc4ccccc4s3)CCCCC2)C(=O)C1. The molecular weight excluding hydrogens is 458 g/mol. The molecule has 2 amide bonds. The second-order valence-corrected chi connectivity index (χ2v) is 10.8. The number of amides is 2. The predicted octanol–water partition coefficient (Wildman–Crippen LogP) is 4.61. The zero-order chi connectivity index (χ0) is 24.4. The molecule has 5 rings (SSSR count). The van der Waals surface area contributed by atoms with Crippen LogP contribution in [0.2, 0.25) is 0 Å². The minimum Gasteiger partial charge on any atom is -0.364 e. The van der Waals surface area contributed by atoms with Crippen LogP contribution in [-0.4, -0.2) is 42.3 Å².